The lowest BCUT2D eigenvalue weighted by atomic mass is 10.0. The van der Waals surface area contributed by atoms with Crippen LogP contribution in [0.4, 0.5) is 0 Å². The van der Waals surface area contributed by atoms with E-state index >= 15 is 0 Å². The molecule has 0 radical (unpaired) electrons. The lowest BCUT2D eigenvalue weighted by molar-refractivity contribution is -0.154. The highest BCUT2D eigenvalue weighted by Crippen LogP contribution is 2.43. The molecule has 0 saturated heterocycles. The molecule has 11 heteroatoms. The molecule has 4 N–H and O–H groups in total. The van der Waals surface area contributed by atoms with Gasteiger partial charge in [-0.15, -0.1) is 0 Å². The summed E-state index contributed by atoms with van der Waals surface area (Å²) >= 11 is 0. The van der Waals surface area contributed by atoms with Gasteiger partial charge in [-0.2, -0.15) is 0 Å². The summed E-state index contributed by atoms with van der Waals surface area (Å²) in [4.78, 5) is 33.5. The van der Waals surface area contributed by atoms with Crippen molar-refractivity contribution >= 4 is 19.8 Å². The van der Waals surface area contributed by atoms with E-state index in [1.54, 1.807) is 0 Å². The third-order valence-corrected chi connectivity index (χ3v) is 10.7. The molecule has 54 heavy (non-hydrogen) atoms. The molecule has 0 heterocycles. The molecule has 0 aliphatic rings. The van der Waals surface area contributed by atoms with Crippen molar-refractivity contribution in [2.75, 3.05) is 26.4 Å². The Hall–Kier alpha value is -1.29. The number of unbranched alkanes of at least 4 members (excludes halogenated alkanes) is 27. The molecule has 0 rings (SSSR count). The molecule has 0 spiro atoms. The van der Waals surface area contributed by atoms with Crippen LogP contribution in [0.2, 0.25) is 0 Å². The van der Waals surface area contributed by atoms with E-state index in [0.717, 1.165) is 44.9 Å². The Labute approximate surface area is 331 Å². The van der Waals surface area contributed by atoms with Crippen LogP contribution in [-0.4, -0.2) is 60.5 Å². The third kappa shape index (κ3) is 39.0. The summed E-state index contributed by atoms with van der Waals surface area (Å²) in [6.07, 6.45) is 41.1. The smallest absolute Gasteiger partial charge is 0.472 e. The minimum absolute atomic E-state index is 0.0182. The van der Waals surface area contributed by atoms with Crippen molar-refractivity contribution in [2.45, 2.75) is 225 Å². The van der Waals surface area contributed by atoms with Crippen LogP contribution < -0.4 is 5.73 Å². The Morgan fingerprint density at radius 2 is 0.963 bits per heavy atom. The highest BCUT2D eigenvalue weighted by atomic mass is 31.2. The first kappa shape index (κ1) is 52.7. The van der Waals surface area contributed by atoms with Gasteiger partial charge in [0, 0.05) is 13.0 Å². The fourth-order valence-electron chi connectivity index (χ4n) is 6.31. The van der Waals surface area contributed by atoms with Crippen LogP contribution >= 0.6 is 7.82 Å². The van der Waals surface area contributed by atoms with Crippen molar-refractivity contribution in [3.05, 3.63) is 12.2 Å². The fourth-order valence-corrected chi connectivity index (χ4v) is 7.08. The van der Waals surface area contributed by atoms with Crippen molar-refractivity contribution in [1.82, 2.24) is 0 Å². The third-order valence-electron chi connectivity index (χ3n) is 9.79. The van der Waals surface area contributed by atoms with Crippen LogP contribution in [0.1, 0.15) is 213 Å². The van der Waals surface area contributed by atoms with Gasteiger partial charge in [0.05, 0.1) is 19.8 Å². The Kier molecular flexibility index (Phi) is 39.0. The predicted molar refractivity (Wildman–Crippen MR) is 222 cm³/mol. The fraction of sp³-hybridized carbons (Fsp3) is 0.907. The molecule has 3 unspecified atom stereocenters. The summed E-state index contributed by atoms with van der Waals surface area (Å²) in [6.45, 7) is 3.89. The van der Waals surface area contributed by atoms with Crippen LogP contribution in [-0.2, 0) is 32.7 Å². The zero-order chi connectivity index (χ0) is 39.8. The summed E-state index contributed by atoms with van der Waals surface area (Å²) in [6, 6.07) is -1.47. The second kappa shape index (κ2) is 39.9. The molecular formula is C43H84NO9P. The number of esters is 1. The van der Waals surface area contributed by atoms with E-state index in [0.29, 0.717) is 6.61 Å². The number of carboxylic acids is 1. The minimum Gasteiger partial charge on any atom is -0.480 e. The van der Waals surface area contributed by atoms with Gasteiger partial charge in [0.25, 0.3) is 0 Å². The van der Waals surface area contributed by atoms with Crippen molar-refractivity contribution in [3.8, 4) is 0 Å². The Morgan fingerprint density at radius 1 is 0.574 bits per heavy atom. The number of carbonyl (C=O) groups excluding carboxylic acids is 1. The number of hydrogen-bond acceptors (Lipinski definition) is 8. The number of carboxylic acid groups (broad SMARTS) is 1. The molecule has 0 saturated carbocycles. The Bertz CT molecular complexity index is 919. The van der Waals surface area contributed by atoms with Crippen molar-refractivity contribution in [2.24, 2.45) is 5.73 Å². The van der Waals surface area contributed by atoms with Gasteiger partial charge in [-0.3, -0.25) is 18.6 Å². The normalized spacial score (nSPS) is 14.0. The molecule has 10 nitrogen and oxygen atoms in total. The topological polar surface area (TPSA) is 155 Å². The Balaban J connectivity index is 4.20. The van der Waals surface area contributed by atoms with Gasteiger partial charge < -0.3 is 25.2 Å². The van der Waals surface area contributed by atoms with Crippen molar-refractivity contribution in [1.29, 1.82) is 0 Å². The molecule has 0 aliphatic carbocycles. The van der Waals surface area contributed by atoms with Crippen molar-refractivity contribution < 1.29 is 42.7 Å². The zero-order valence-electron chi connectivity index (χ0n) is 34.8. The summed E-state index contributed by atoms with van der Waals surface area (Å²) in [7, 11) is -4.61. The van der Waals surface area contributed by atoms with Crippen molar-refractivity contribution in [3.63, 3.8) is 0 Å². The molecule has 0 amide bonds. The number of allylic oxidation sites excluding steroid dienone is 2. The lowest BCUT2D eigenvalue weighted by Gasteiger charge is -2.20. The standard InChI is InChI=1S/C43H84NO9P/c1-3-5-7-9-11-13-15-17-19-20-21-23-25-27-29-31-33-35-42(45)53-40(38-51-54(48,49)52-39-41(44)43(46)47)37-50-36-34-32-30-28-26-24-22-18-16-14-12-10-8-6-4-2/h16,18,40-41H,3-15,17,19-39,44H2,1-2H3,(H,46,47)(H,48,49)/b18-16-. The van der Waals surface area contributed by atoms with E-state index in [1.807, 2.05) is 0 Å². The number of aliphatic carboxylic acids is 1. The van der Waals surface area contributed by atoms with Gasteiger partial charge in [0.1, 0.15) is 12.1 Å². The molecule has 3 atom stereocenters. The summed E-state index contributed by atoms with van der Waals surface area (Å²) in [5, 5.41) is 8.89. The molecule has 0 bridgehead atoms. The van der Waals surface area contributed by atoms with E-state index in [1.165, 1.54) is 148 Å². The molecular weight excluding hydrogens is 705 g/mol. The van der Waals surface area contributed by atoms with Crippen LogP contribution in [0.25, 0.3) is 0 Å². The summed E-state index contributed by atoms with van der Waals surface area (Å²) < 4.78 is 33.4. The average molecular weight is 790 g/mol. The summed E-state index contributed by atoms with van der Waals surface area (Å²) in [5.74, 6) is -1.77. The molecule has 0 aromatic carbocycles. The van der Waals surface area contributed by atoms with E-state index in [4.69, 9.17) is 29.4 Å². The quantitative estimate of drug-likeness (QED) is 0.0235. The van der Waals surface area contributed by atoms with Gasteiger partial charge in [-0.05, 0) is 38.5 Å². The first-order valence-corrected chi connectivity index (χ1v) is 23.7. The lowest BCUT2D eigenvalue weighted by Crippen LogP contribution is -2.34. The monoisotopic (exact) mass is 790 g/mol. The SMILES string of the molecule is CCCCCCC/C=C\CCCCCCCCOCC(COP(=O)(O)OCC(N)C(=O)O)OC(=O)CCCCCCCCCCCCCCCCCCC. The minimum atomic E-state index is -4.61. The number of rotatable bonds is 43. The number of hydrogen-bond donors (Lipinski definition) is 3. The maximum Gasteiger partial charge on any atom is 0.472 e. The van der Waals surface area contributed by atoms with Gasteiger partial charge in [-0.25, -0.2) is 4.57 Å². The van der Waals surface area contributed by atoms with Crippen LogP contribution in [0.3, 0.4) is 0 Å². The van der Waals surface area contributed by atoms with E-state index in [2.05, 4.69) is 26.0 Å². The van der Waals surface area contributed by atoms with E-state index in [9.17, 15) is 19.0 Å². The number of phosphoric ester groups is 1. The average Bonchev–Trinajstić information content (AvgIpc) is 3.15. The molecule has 320 valence electrons. The van der Waals surface area contributed by atoms with Gasteiger partial charge in [-0.1, -0.05) is 180 Å². The number of ether oxygens (including phenoxy) is 2. The first-order chi connectivity index (χ1) is 26.2. The van der Waals surface area contributed by atoms with Crippen LogP contribution in [0.15, 0.2) is 12.2 Å². The highest BCUT2D eigenvalue weighted by Gasteiger charge is 2.27. The molecule has 0 aromatic heterocycles. The number of nitrogens with two attached hydrogens (primary N) is 1. The number of carbonyl (C=O) groups is 2. The highest BCUT2D eigenvalue weighted by molar-refractivity contribution is 7.47. The largest absolute Gasteiger partial charge is 0.480 e. The predicted octanol–water partition coefficient (Wildman–Crippen LogP) is 12.1. The molecule has 0 aromatic rings. The van der Waals surface area contributed by atoms with E-state index < -0.39 is 45.1 Å². The van der Waals surface area contributed by atoms with E-state index in [-0.39, 0.29) is 13.0 Å². The van der Waals surface area contributed by atoms with Crippen LogP contribution in [0.5, 0.6) is 0 Å². The Morgan fingerprint density at radius 3 is 1.41 bits per heavy atom. The summed E-state index contributed by atoms with van der Waals surface area (Å²) in [5.41, 5.74) is 5.35. The zero-order valence-corrected chi connectivity index (χ0v) is 35.7. The van der Waals surface area contributed by atoms with Gasteiger partial charge in [0.15, 0.2) is 0 Å². The second-order valence-electron chi connectivity index (χ2n) is 15.2. The van der Waals surface area contributed by atoms with Gasteiger partial charge >= 0.3 is 19.8 Å². The van der Waals surface area contributed by atoms with Crippen LogP contribution in [0, 0.1) is 0 Å². The maximum absolute atomic E-state index is 12.6. The van der Waals surface area contributed by atoms with Gasteiger partial charge in [0.2, 0.25) is 0 Å². The number of phosphoric acid groups is 1. The molecule has 0 fully saturated rings. The first-order valence-electron chi connectivity index (χ1n) is 22.2. The molecule has 0 aliphatic heterocycles. The maximum atomic E-state index is 12.6. The second-order valence-corrected chi connectivity index (χ2v) is 16.6.